The number of amides is 3. The highest BCUT2D eigenvalue weighted by molar-refractivity contribution is 14.0. The second kappa shape index (κ2) is 10.3. The zero-order chi connectivity index (χ0) is 20.3. The Morgan fingerprint density at radius 2 is 1.93 bits per heavy atom. The minimum Gasteiger partial charge on any atom is -0.355 e. The molecule has 29 heavy (non-hydrogen) atoms. The van der Waals surface area contributed by atoms with Crippen molar-refractivity contribution in [2.75, 3.05) is 33.2 Å². The van der Waals surface area contributed by atoms with Crippen molar-refractivity contribution < 1.29 is 9.59 Å². The number of halogens is 1. The van der Waals surface area contributed by atoms with Crippen LogP contribution in [0.1, 0.15) is 52.9 Å². The third-order valence-corrected chi connectivity index (χ3v) is 6.87. The molecule has 0 aromatic heterocycles. The van der Waals surface area contributed by atoms with Crippen LogP contribution in [0, 0.1) is 5.92 Å². The number of nitrogens with one attached hydrogen (secondary N) is 3. The standard InChI is InChI=1S/C20H36N6O2.HI/c1-14-7-5-6-10-26(14)15(2)13-22-18(21-4)25-11-8-16(9-12-25)20(3)17(27)23-19(28)24-20;/h14-16H,5-13H2,1-4H3,(H,21,22)(H2,23,24,27,28);1H. The van der Waals surface area contributed by atoms with Crippen LogP contribution in [0.5, 0.6) is 0 Å². The third kappa shape index (κ3) is 5.34. The number of hydrogen-bond donors (Lipinski definition) is 3. The van der Waals surface area contributed by atoms with Crippen molar-refractivity contribution in [2.45, 2.75) is 70.5 Å². The van der Waals surface area contributed by atoms with Crippen LogP contribution in [0.25, 0.3) is 0 Å². The number of carbonyl (C=O) groups excluding carboxylic acids is 2. The molecule has 3 atom stereocenters. The van der Waals surface area contributed by atoms with Gasteiger partial charge in [0.05, 0.1) is 0 Å². The summed E-state index contributed by atoms with van der Waals surface area (Å²) in [6.07, 6.45) is 5.62. The number of urea groups is 1. The van der Waals surface area contributed by atoms with Crippen molar-refractivity contribution in [3.05, 3.63) is 0 Å². The summed E-state index contributed by atoms with van der Waals surface area (Å²) in [7, 11) is 1.83. The summed E-state index contributed by atoms with van der Waals surface area (Å²) in [4.78, 5) is 33.1. The predicted molar refractivity (Wildman–Crippen MR) is 126 cm³/mol. The van der Waals surface area contributed by atoms with Gasteiger partial charge in [0.1, 0.15) is 5.54 Å². The van der Waals surface area contributed by atoms with Crippen LogP contribution in [-0.2, 0) is 4.79 Å². The summed E-state index contributed by atoms with van der Waals surface area (Å²) in [5.41, 5.74) is -0.793. The van der Waals surface area contributed by atoms with Crippen molar-refractivity contribution >= 4 is 41.9 Å². The molecule has 3 unspecified atom stereocenters. The largest absolute Gasteiger partial charge is 0.355 e. The summed E-state index contributed by atoms with van der Waals surface area (Å²) in [6.45, 7) is 10.2. The lowest BCUT2D eigenvalue weighted by Gasteiger charge is -2.41. The molecule has 3 heterocycles. The van der Waals surface area contributed by atoms with E-state index in [2.05, 4.69) is 44.6 Å². The number of piperidine rings is 2. The summed E-state index contributed by atoms with van der Waals surface area (Å²) >= 11 is 0. The maximum atomic E-state index is 12.2. The molecule has 0 aromatic rings. The molecular formula is C20H37IN6O2. The number of hydrogen-bond acceptors (Lipinski definition) is 4. The van der Waals surface area contributed by atoms with E-state index in [9.17, 15) is 9.59 Å². The average molecular weight is 520 g/mol. The van der Waals surface area contributed by atoms with Crippen LogP contribution in [-0.4, -0.2) is 78.5 Å². The van der Waals surface area contributed by atoms with Crippen LogP contribution < -0.4 is 16.0 Å². The fraction of sp³-hybridized carbons (Fsp3) is 0.850. The van der Waals surface area contributed by atoms with Crippen LogP contribution in [0.3, 0.4) is 0 Å². The zero-order valence-corrected chi connectivity index (χ0v) is 20.5. The minimum atomic E-state index is -0.793. The molecule has 0 radical (unpaired) electrons. The quantitative estimate of drug-likeness (QED) is 0.228. The second-order valence-electron chi connectivity index (χ2n) is 8.73. The molecule has 8 nitrogen and oxygen atoms in total. The van der Waals surface area contributed by atoms with Gasteiger partial charge in [-0.25, -0.2) is 4.79 Å². The van der Waals surface area contributed by atoms with Gasteiger partial charge < -0.3 is 15.5 Å². The van der Waals surface area contributed by atoms with E-state index in [1.807, 2.05) is 14.0 Å². The van der Waals surface area contributed by atoms with E-state index >= 15 is 0 Å². The Labute approximate surface area is 191 Å². The Morgan fingerprint density at radius 1 is 1.24 bits per heavy atom. The Hall–Kier alpha value is -1.10. The molecule has 3 amide bonds. The average Bonchev–Trinajstić information content (AvgIpc) is 2.95. The Bertz CT molecular complexity index is 622. The number of imide groups is 1. The fourth-order valence-electron chi connectivity index (χ4n) is 4.98. The summed E-state index contributed by atoms with van der Waals surface area (Å²) in [5.74, 6) is 0.865. The van der Waals surface area contributed by atoms with Crippen molar-refractivity contribution in [1.82, 2.24) is 25.8 Å². The van der Waals surface area contributed by atoms with Gasteiger partial charge in [0, 0.05) is 38.8 Å². The minimum absolute atomic E-state index is 0. The van der Waals surface area contributed by atoms with Crippen molar-refractivity contribution in [2.24, 2.45) is 10.9 Å². The second-order valence-corrected chi connectivity index (χ2v) is 8.73. The molecule has 3 saturated heterocycles. The molecule has 3 aliphatic rings. The normalized spacial score (nSPS) is 30.4. The number of guanidine groups is 1. The highest BCUT2D eigenvalue weighted by Gasteiger charge is 2.48. The summed E-state index contributed by atoms with van der Waals surface area (Å²) in [5, 5.41) is 8.74. The fourth-order valence-corrected chi connectivity index (χ4v) is 4.98. The highest BCUT2D eigenvalue weighted by Crippen LogP contribution is 2.30. The Morgan fingerprint density at radius 3 is 2.48 bits per heavy atom. The Kier molecular flexibility index (Phi) is 8.57. The van der Waals surface area contributed by atoms with E-state index in [1.165, 1.54) is 25.8 Å². The highest BCUT2D eigenvalue weighted by atomic mass is 127. The van der Waals surface area contributed by atoms with E-state index in [1.54, 1.807) is 0 Å². The van der Waals surface area contributed by atoms with Gasteiger partial charge in [-0.1, -0.05) is 6.42 Å². The maximum absolute atomic E-state index is 12.2. The predicted octanol–water partition coefficient (Wildman–Crippen LogP) is 1.75. The lowest BCUT2D eigenvalue weighted by atomic mass is 9.79. The van der Waals surface area contributed by atoms with Crippen LogP contribution >= 0.6 is 24.0 Å². The monoisotopic (exact) mass is 520 g/mol. The van der Waals surface area contributed by atoms with E-state index in [-0.39, 0.29) is 41.8 Å². The topological polar surface area (TPSA) is 89.1 Å². The van der Waals surface area contributed by atoms with E-state index < -0.39 is 5.54 Å². The van der Waals surface area contributed by atoms with Gasteiger partial charge in [-0.2, -0.15) is 0 Å². The van der Waals surface area contributed by atoms with Crippen molar-refractivity contribution in [3.63, 3.8) is 0 Å². The maximum Gasteiger partial charge on any atom is 0.322 e. The summed E-state index contributed by atoms with van der Waals surface area (Å²) < 4.78 is 0. The van der Waals surface area contributed by atoms with Gasteiger partial charge in [0.15, 0.2) is 5.96 Å². The smallest absolute Gasteiger partial charge is 0.322 e. The van der Waals surface area contributed by atoms with Crippen LogP contribution in [0.4, 0.5) is 4.79 Å². The van der Waals surface area contributed by atoms with Gasteiger partial charge in [0.25, 0.3) is 5.91 Å². The molecule has 9 heteroatoms. The first-order valence-corrected chi connectivity index (χ1v) is 10.7. The lowest BCUT2D eigenvalue weighted by Crippen LogP contribution is -2.56. The summed E-state index contributed by atoms with van der Waals surface area (Å²) in [6, 6.07) is 0.742. The third-order valence-electron chi connectivity index (χ3n) is 6.87. The van der Waals surface area contributed by atoms with E-state index in [4.69, 9.17) is 0 Å². The molecular weight excluding hydrogens is 483 g/mol. The molecule has 0 aliphatic carbocycles. The van der Waals surface area contributed by atoms with E-state index in [0.717, 1.165) is 38.4 Å². The molecule has 3 aliphatic heterocycles. The van der Waals surface area contributed by atoms with E-state index in [0.29, 0.717) is 12.1 Å². The van der Waals surface area contributed by atoms with Gasteiger partial charge in [0.2, 0.25) is 0 Å². The van der Waals surface area contributed by atoms with Crippen molar-refractivity contribution in [3.8, 4) is 0 Å². The number of aliphatic imine (C=N–C) groups is 1. The van der Waals surface area contributed by atoms with Crippen molar-refractivity contribution in [1.29, 1.82) is 0 Å². The molecule has 3 fully saturated rings. The molecule has 0 aromatic carbocycles. The molecule has 0 bridgehead atoms. The molecule has 3 N–H and O–H groups in total. The van der Waals surface area contributed by atoms with Gasteiger partial charge in [-0.05, 0) is 58.9 Å². The molecule has 166 valence electrons. The SMILES string of the molecule is CN=C(NCC(C)N1CCCCC1C)N1CCC(C2(C)NC(=O)NC2=O)CC1.I. The van der Waals surface area contributed by atoms with Gasteiger partial charge >= 0.3 is 6.03 Å². The lowest BCUT2D eigenvalue weighted by molar-refractivity contribution is -0.125. The number of carbonyl (C=O) groups is 2. The number of nitrogens with zero attached hydrogens (tertiary/aromatic N) is 3. The van der Waals surface area contributed by atoms with Gasteiger partial charge in [-0.3, -0.25) is 20.0 Å². The first-order valence-electron chi connectivity index (χ1n) is 10.7. The number of rotatable bonds is 4. The first-order chi connectivity index (χ1) is 13.3. The first kappa shape index (κ1) is 24.2. The Balaban J connectivity index is 0.00000300. The zero-order valence-electron chi connectivity index (χ0n) is 18.2. The van der Waals surface area contributed by atoms with Gasteiger partial charge in [-0.15, -0.1) is 24.0 Å². The van der Waals surface area contributed by atoms with Crippen LogP contribution in [0.15, 0.2) is 4.99 Å². The molecule has 0 spiro atoms. The van der Waals surface area contributed by atoms with Crippen LogP contribution in [0.2, 0.25) is 0 Å². The number of likely N-dealkylation sites (tertiary alicyclic amines) is 2. The molecule has 0 saturated carbocycles. The molecule has 3 rings (SSSR count).